The van der Waals surface area contributed by atoms with Gasteiger partial charge in [-0.1, -0.05) is 9.24 Å². The second-order valence-corrected chi connectivity index (χ2v) is 12.2. The van der Waals surface area contributed by atoms with E-state index in [4.69, 9.17) is 9.47 Å². The number of hydrogen-bond donors (Lipinski definition) is 1. The third-order valence-electron chi connectivity index (χ3n) is 5.19. The Kier molecular flexibility index (Phi) is 7.11. The van der Waals surface area contributed by atoms with Crippen LogP contribution in [0.1, 0.15) is 18.4 Å². The number of hydrogen-bond acceptors (Lipinski definition) is 7. The van der Waals surface area contributed by atoms with E-state index in [0.29, 0.717) is 46.2 Å². The number of nitrogens with one attached hydrogen (secondary N) is 1. The van der Waals surface area contributed by atoms with E-state index in [2.05, 4.69) is 19.6 Å². The van der Waals surface area contributed by atoms with E-state index in [1.807, 2.05) is 6.92 Å². The number of aryl methyl sites for hydroxylation is 1. The van der Waals surface area contributed by atoms with Crippen molar-refractivity contribution in [1.29, 1.82) is 0 Å². The summed E-state index contributed by atoms with van der Waals surface area (Å²) in [5.74, 6) is 0.579. The first-order valence-electron chi connectivity index (χ1n) is 10.8. The molecule has 1 N–H and O–H groups in total. The van der Waals surface area contributed by atoms with E-state index in [1.54, 1.807) is 18.6 Å². The highest BCUT2D eigenvalue weighted by Crippen LogP contribution is 2.42. The third-order valence-corrected chi connectivity index (χ3v) is 6.00. The molecule has 0 amide bonds. The second-order valence-electron chi connectivity index (χ2n) is 8.81. The first-order chi connectivity index (χ1) is 16.4. The molecule has 188 valence electrons. The van der Waals surface area contributed by atoms with Gasteiger partial charge >= 0.3 is 0 Å². The number of anilines is 2. The van der Waals surface area contributed by atoms with Crippen LogP contribution >= 0.6 is 9.24 Å². The lowest BCUT2D eigenvalue weighted by Gasteiger charge is -2.18. The maximum absolute atomic E-state index is 13.8. The van der Waals surface area contributed by atoms with E-state index in [1.165, 1.54) is 27.7 Å². The maximum Gasteiger partial charge on any atom is 0.292 e. The average Bonchev–Trinajstić information content (AvgIpc) is 3.56. The Balaban J connectivity index is 1.79. The van der Waals surface area contributed by atoms with Crippen LogP contribution in [0.3, 0.4) is 0 Å². The van der Waals surface area contributed by atoms with E-state index in [9.17, 15) is 17.4 Å². The highest BCUT2D eigenvalue weighted by Gasteiger charge is 2.25. The summed E-state index contributed by atoms with van der Waals surface area (Å²) in [5, 5.41) is 3.65. The van der Waals surface area contributed by atoms with Gasteiger partial charge in [-0.15, -0.1) is 0 Å². The van der Waals surface area contributed by atoms with Crippen molar-refractivity contribution in [1.82, 2.24) is 9.97 Å². The van der Waals surface area contributed by atoms with Crippen LogP contribution in [0, 0.1) is 18.7 Å². The number of rotatable bonds is 9. The summed E-state index contributed by atoms with van der Waals surface area (Å²) in [6.07, 6.45) is 6.60. The van der Waals surface area contributed by atoms with Gasteiger partial charge in [0.1, 0.15) is 35.1 Å². The van der Waals surface area contributed by atoms with Crippen molar-refractivity contribution in [2.45, 2.75) is 25.4 Å². The van der Waals surface area contributed by atoms with Gasteiger partial charge in [0.05, 0.1) is 17.8 Å². The van der Waals surface area contributed by atoms with E-state index in [-0.39, 0.29) is 11.4 Å². The summed E-state index contributed by atoms with van der Waals surface area (Å²) in [6.45, 7) is 1.39. The monoisotopic (exact) mass is 526 g/mol. The summed E-state index contributed by atoms with van der Waals surface area (Å²) in [4.78, 5) is 8.66. The minimum absolute atomic E-state index is 0.0925. The largest absolute Gasteiger partial charge is 0.491 e. The molecule has 3 aromatic rings. The Bertz CT molecular complexity index is 1380. The molecule has 7 nitrogen and oxygen atoms in total. The molecule has 0 bridgehead atoms. The fraction of sp³-hybridized carbons (Fsp3) is 0.391. The zero-order valence-corrected chi connectivity index (χ0v) is 21.4. The molecule has 0 spiro atoms. The van der Waals surface area contributed by atoms with E-state index in [0.717, 1.165) is 18.9 Å². The molecule has 1 saturated carbocycles. The van der Waals surface area contributed by atoms with Crippen molar-refractivity contribution < 1.29 is 26.9 Å². The van der Waals surface area contributed by atoms with Gasteiger partial charge in [0, 0.05) is 39.3 Å². The number of nitrogens with zero attached hydrogens (tertiary/aromatic N) is 3. The standard InChI is InChI=1S/C23H26F3N4O3PS/c1-13-20-17(9-18(30-35(2,3)31)21(13)32-10-14-4-5-14)27-12-28-22(20)29-16-7-6-15(24)8-19(16)33-11-23(25,26)34/h6-9,12,14H,4-5,10-11,34H2,1-3H3,(H,27,28,29). The second kappa shape index (κ2) is 9.78. The summed E-state index contributed by atoms with van der Waals surface area (Å²) < 4.78 is 68.6. The van der Waals surface area contributed by atoms with Crippen LogP contribution in [0.25, 0.3) is 10.9 Å². The lowest BCUT2D eigenvalue weighted by atomic mass is 10.1. The number of aromatic nitrogens is 2. The zero-order chi connectivity index (χ0) is 25.4. The summed E-state index contributed by atoms with van der Waals surface area (Å²) in [5.41, 5.74) is -1.30. The number of halogens is 3. The first-order valence-corrected chi connectivity index (χ1v) is 13.7. The van der Waals surface area contributed by atoms with Crippen LogP contribution in [0.2, 0.25) is 0 Å². The number of benzene rings is 2. The SMILES string of the molecule is Cc1c(OCC2CC2)c(N=S(C)(C)=O)cc2ncnc(Nc3ccc(F)cc3OCC(F)(F)P)c12. The van der Waals surface area contributed by atoms with Gasteiger partial charge in [-0.3, -0.25) is 0 Å². The fourth-order valence-electron chi connectivity index (χ4n) is 3.47. The van der Waals surface area contributed by atoms with Gasteiger partial charge in [0.15, 0.2) is 6.61 Å². The molecular weight excluding hydrogens is 500 g/mol. The van der Waals surface area contributed by atoms with Crippen molar-refractivity contribution in [3.05, 3.63) is 42.0 Å². The van der Waals surface area contributed by atoms with E-state index >= 15 is 0 Å². The predicted molar refractivity (Wildman–Crippen MR) is 134 cm³/mol. The molecule has 1 aromatic heterocycles. The van der Waals surface area contributed by atoms with Crippen molar-refractivity contribution in [2.75, 3.05) is 31.0 Å². The topological polar surface area (TPSA) is 85.7 Å². The molecule has 1 atom stereocenters. The molecule has 4 rings (SSSR count). The van der Waals surface area contributed by atoms with Crippen molar-refractivity contribution in [3.8, 4) is 11.5 Å². The smallest absolute Gasteiger partial charge is 0.292 e. The number of alkyl halides is 2. The molecule has 0 saturated heterocycles. The average molecular weight is 527 g/mol. The zero-order valence-electron chi connectivity index (χ0n) is 19.5. The summed E-state index contributed by atoms with van der Waals surface area (Å²) >= 11 is 0. The Morgan fingerprint density at radius 1 is 1.23 bits per heavy atom. The highest BCUT2D eigenvalue weighted by atomic mass is 32.2. The predicted octanol–water partition coefficient (Wildman–Crippen LogP) is 5.82. The molecule has 0 radical (unpaired) electrons. The normalized spacial score (nSPS) is 14.1. The molecule has 1 unspecified atom stereocenters. The molecule has 35 heavy (non-hydrogen) atoms. The van der Waals surface area contributed by atoms with Crippen LogP contribution in [0.4, 0.5) is 30.4 Å². The summed E-state index contributed by atoms with van der Waals surface area (Å²) in [6, 6.07) is 5.27. The Hall–Kier alpha value is -2.65. The Morgan fingerprint density at radius 3 is 2.63 bits per heavy atom. The van der Waals surface area contributed by atoms with Crippen LogP contribution in [0.5, 0.6) is 11.5 Å². The minimum atomic E-state index is -3.17. The molecule has 1 heterocycles. The van der Waals surface area contributed by atoms with Crippen LogP contribution < -0.4 is 14.8 Å². The van der Waals surface area contributed by atoms with Crippen LogP contribution in [0.15, 0.2) is 35.0 Å². The number of fused-ring (bicyclic) bond motifs is 1. The van der Waals surface area contributed by atoms with Gasteiger partial charge in [-0.05, 0) is 43.9 Å². The lowest BCUT2D eigenvalue weighted by molar-refractivity contribution is 0.0463. The van der Waals surface area contributed by atoms with Gasteiger partial charge in [0.25, 0.3) is 5.66 Å². The van der Waals surface area contributed by atoms with E-state index < -0.39 is 27.8 Å². The van der Waals surface area contributed by atoms with Crippen molar-refractivity contribution >= 4 is 47.1 Å². The third kappa shape index (κ3) is 6.73. The maximum atomic E-state index is 13.8. The van der Waals surface area contributed by atoms with Gasteiger partial charge in [-0.25, -0.2) is 18.6 Å². The highest BCUT2D eigenvalue weighted by molar-refractivity contribution is 7.92. The van der Waals surface area contributed by atoms with Gasteiger partial charge in [-0.2, -0.15) is 13.1 Å². The molecular formula is C23H26F3N4O3PS. The Morgan fingerprint density at radius 2 is 1.97 bits per heavy atom. The minimum Gasteiger partial charge on any atom is -0.491 e. The summed E-state index contributed by atoms with van der Waals surface area (Å²) in [7, 11) is -1.09. The molecule has 1 aliphatic carbocycles. The van der Waals surface area contributed by atoms with Crippen molar-refractivity contribution in [2.24, 2.45) is 10.3 Å². The molecule has 1 fully saturated rings. The van der Waals surface area contributed by atoms with Crippen molar-refractivity contribution in [3.63, 3.8) is 0 Å². The molecule has 12 heteroatoms. The molecule has 0 aliphatic heterocycles. The quantitative estimate of drug-likeness (QED) is 0.354. The van der Waals surface area contributed by atoms with Crippen LogP contribution in [-0.2, 0) is 9.73 Å². The number of ether oxygens (including phenoxy) is 2. The van der Waals surface area contributed by atoms with Gasteiger partial charge < -0.3 is 14.8 Å². The first kappa shape index (κ1) is 25.4. The Labute approximate surface area is 204 Å². The lowest BCUT2D eigenvalue weighted by Crippen LogP contribution is -2.17. The molecule has 1 aliphatic rings. The van der Waals surface area contributed by atoms with Gasteiger partial charge in [0.2, 0.25) is 0 Å². The van der Waals surface area contributed by atoms with Crippen LogP contribution in [-0.4, -0.2) is 45.6 Å². The fourth-order valence-corrected chi connectivity index (χ4v) is 4.16. The molecule has 2 aromatic carbocycles.